The van der Waals surface area contributed by atoms with Gasteiger partial charge in [0.15, 0.2) is 0 Å². The molecule has 2 fully saturated rings. The molecule has 2 aliphatic heterocycles. The van der Waals surface area contributed by atoms with Crippen LogP contribution in [0.15, 0.2) is 22.8 Å². The molecule has 3 heterocycles. The predicted molar refractivity (Wildman–Crippen MR) is 92.0 cm³/mol. The van der Waals surface area contributed by atoms with E-state index >= 15 is 0 Å². The lowest BCUT2D eigenvalue weighted by Crippen LogP contribution is -2.50. The molecule has 134 valence electrons. The highest BCUT2D eigenvalue weighted by Gasteiger charge is 2.26. The highest BCUT2D eigenvalue weighted by molar-refractivity contribution is 5.74. The molecule has 1 N–H and O–H groups in total. The van der Waals surface area contributed by atoms with Crippen LogP contribution in [0.5, 0.6) is 0 Å². The number of nitrogens with zero attached hydrogens (tertiary/aromatic N) is 2. The summed E-state index contributed by atoms with van der Waals surface area (Å²) in [6.45, 7) is 8.52. The van der Waals surface area contributed by atoms with E-state index in [0.29, 0.717) is 5.92 Å². The smallest absolute Gasteiger partial charge is 0.317 e. The van der Waals surface area contributed by atoms with Crippen LogP contribution in [0.1, 0.15) is 25.5 Å². The Morgan fingerprint density at radius 3 is 2.96 bits per heavy atom. The average Bonchev–Trinajstić information content (AvgIpc) is 3.09. The van der Waals surface area contributed by atoms with Gasteiger partial charge < -0.3 is 19.4 Å². The number of amides is 2. The van der Waals surface area contributed by atoms with E-state index in [0.717, 1.165) is 64.5 Å². The van der Waals surface area contributed by atoms with Crippen LogP contribution >= 0.6 is 0 Å². The molecular weight excluding hydrogens is 306 g/mol. The Bertz CT molecular complexity index is 500. The minimum atomic E-state index is 0.0562. The van der Waals surface area contributed by atoms with Crippen LogP contribution in [0.3, 0.4) is 0 Å². The third kappa shape index (κ3) is 4.98. The van der Waals surface area contributed by atoms with Gasteiger partial charge in [-0.25, -0.2) is 4.79 Å². The summed E-state index contributed by atoms with van der Waals surface area (Å²) >= 11 is 0. The number of piperidine rings is 1. The number of carbonyl (C=O) groups excluding carboxylic acids is 1. The first-order valence-electron chi connectivity index (χ1n) is 9.08. The summed E-state index contributed by atoms with van der Waals surface area (Å²) in [5.41, 5.74) is 0. The highest BCUT2D eigenvalue weighted by Crippen LogP contribution is 2.18. The molecule has 6 nitrogen and oxygen atoms in total. The number of rotatable bonds is 5. The highest BCUT2D eigenvalue weighted by atomic mass is 16.5. The largest absolute Gasteiger partial charge is 0.469 e. The molecule has 1 aromatic heterocycles. The van der Waals surface area contributed by atoms with Gasteiger partial charge in [0.25, 0.3) is 0 Å². The van der Waals surface area contributed by atoms with Crippen molar-refractivity contribution < 1.29 is 13.9 Å². The maximum absolute atomic E-state index is 12.5. The zero-order chi connectivity index (χ0) is 16.8. The number of urea groups is 1. The van der Waals surface area contributed by atoms with E-state index in [-0.39, 0.29) is 12.1 Å². The van der Waals surface area contributed by atoms with E-state index < -0.39 is 0 Å². The molecule has 0 radical (unpaired) electrons. The van der Waals surface area contributed by atoms with E-state index in [2.05, 4.69) is 10.2 Å². The molecule has 2 saturated heterocycles. The molecule has 0 saturated carbocycles. The van der Waals surface area contributed by atoms with Crippen LogP contribution < -0.4 is 5.32 Å². The van der Waals surface area contributed by atoms with Crippen LogP contribution in [0, 0.1) is 5.92 Å². The number of furan rings is 1. The summed E-state index contributed by atoms with van der Waals surface area (Å²) in [6, 6.07) is 3.95. The van der Waals surface area contributed by atoms with Crippen molar-refractivity contribution in [3.05, 3.63) is 24.2 Å². The SMILES string of the molecule is C[C@H](Cc1ccco1)NC(=O)N1CCC[C@@H](CN2CCOCC2)C1. The van der Waals surface area contributed by atoms with Crippen molar-refractivity contribution >= 4 is 6.03 Å². The van der Waals surface area contributed by atoms with E-state index in [4.69, 9.17) is 9.15 Å². The Morgan fingerprint density at radius 1 is 1.38 bits per heavy atom. The topological polar surface area (TPSA) is 58.0 Å². The predicted octanol–water partition coefficient (Wildman–Crippen LogP) is 1.96. The minimum Gasteiger partial charge on any atom is -0.469 e. The number of hydrogen-bond acceptors (Lipinski definition) is 4. The zero-order valence-corrected chi connectivity index (χ0v) is 14.6. The first-order valence-corrected chi connectivity index (χ1v) is 9.08. The Morgan fingerprint density at radius 2 is 2.21 bits per heavy atom. The van der Waals surface area contributed by atoms with Crippen LogP contribution in [-0.2, 0) is 11.2 Å². The second-order valence-electron chi connectivity index (χ2n) is 7.00. The standard InChI is InChI=1S/C18H29N3O3/c1-15(12-17-5-3-9-24-17)19-18(22)21-6-2-4-16(14-21)13-20-7-10-23-11-8-20/h3,5,9,15-16H,2,4,6-8,10-14H2,1H3,(H,19,22)/t15-,16+/m1/s1. The molecule has 6 heteroatoms. The fourth-order valence-electron chi connectivity index (χ4n) is 3.63. The molecule has 0 spiro atoms. The lowest BCUT2D eigenvalue weighted by atomic mass is 9.97. The maximum Gasteiger partial charge on any atom is 0.317 e. The molecule has 3 rings (SSSR count). The van der Waals surface area contributed by atoms with Gasteiger partial charge in [-0.1, -0.05) is 0 Å². The van der Waals surface area contributed by atoms with Gasteiger partial charge in [0.1, 0.15) is 5.76 Å². The second-order valence-corrected chi connectivity index (χ2v) is 7.00. The quantitative estimate of drug-likeness (QED) is 0.894. The number of morpholine rings is 1. The van der Waals surface area contributed by atoms with Crippen LogP contribution in [-0.4, -0.2) is 67.8 Å². The number of ether oxygens (including phenoxy) is 1. The van der Waals surface area contributed by atoms with Crippen molar-refractivity contribution in [2.24, 2.45) is 5.92 Å². The Labute approximate surface area is 144 Å². The van der Waals surface area contributed by atoms with Gasteiger partial charge in [0.05, 0.1) is 19.5 Å². The molecule has 2 amide bonds. The first kappa shape index (κ1) is 17.3. The average molecular weight is 335 g/mol. The summed E-state index contributed by atoms with van der Waals surface area (Å²) in [5.74, 6) is 1.48. The second kappa shape index (κ2) is 8.53. The van der Waals surface area contributed by atoms with E-state index in [9.17, 15) is 4.79 Å². The van der Waals surface area contributed by atoms with Crippen molar-refractivity contribution in [3.8, 4) is 0 Å². The third-order valence-electron chi connectivity index (χ3n) is 4.88. The molecule has 0 bridgehead atoms. The normalized spacial score (nSPS) is 23.9. The van der Waals surface area contributed by atoms with Gasteiger partial charge in [-0.2, -0.15) is 0 Å². The Kier molecular flexibility index (Phi) is 6.15. The van der Waals surface area contributed by atoms with Gasteiger partial charge in [-0.3, -0.25) is 4.90 Å². The summed E-state index contributed by atoms with van der Waals surface area (Å²) in [4.78, 5) is 17.0. The van der Waals surface area contributed by atoms with Gasteiger partial charge in [-0.15, -0.1) is 0 Å². The van der Waals surface area contributed by atoms with Crippen molar-refractivity contribution in [1.82, 2.24) is 15.1 Å². The number of likely N-dealkylation sites (tertiary alicyclic amines) is 1. The van der Waals surface area contributed by atoms with Crippen molar-refractivity contribution in [3.63, 3.8) is 0 Å². The summed E-state index contributed by atoms with van der Waals surface area (Å²) < 4.78 is 10.8. The maximum atomic E-state index is 12.5. The zero-order valence-electron chi connectivity index (χ0n) is 14.6. The minimum absolute atomic E-state index is 0.0562. The van der Waals surface area contributed by atoms with Gasteiger partial charge >= 0.3 is 6.03 Å². The molecule has 24 heavy (non-hydrogen) atoms. The van der Waals surface area contributed by atoms with Crippen molar-refractivity contribution in [2.75, 3.05) is 45.9 Å². The molecule has 2 aliphatic rings. The number of hydrogen-bond donors (Lipinski definition) is 1. The Hall–Kier alpha value is -1.53. The fourth-order valence-corrected chi connectivity index (χ4v) is 3.63. The van der Waals surface area contributed by atoms with Crippen LogP contribution in [0.2, 0.25) is 0 Å². The Balaban J connectivity index is 1.43. The molecular formula is C18H29N3O3. The molecule has 0 aliphatic carbocycles. The number of carbonyl (C=O) groups is 1. The monoisotopic (exact) mass is 335 g/mol. The summed E-state index contributed by atoms with van der Waals surface area (Å²) in [5, 5.41) is 3.11. The first-order chi connectivity index (χ1) is 11.7. The van der Waals surface area contributed by atoms with Crippen molar-refractivity contribution in [1.29, 1.82) is 0 Å². The van der Waals surface area contributed by atoms with E-state index in [1.165, 1.54) is 6.42 Å². The summed E-state index contributed by atoms with van der Waals surface area (Å²) in [6.07, 6.45) is 4.70. The van der Waals surface area contributed by atoms with Crippen LogP contribution in [0.25, 0.3) is 0 Å². The van der Waals surface area contributed by atoms with Gasteiger partial charge in [0.2, 0.25) is 0 Å². The lowest BCUT2D eigenvalue weighted by Gasteiger charge is -2.37. The molecule has 0 aromatic carbocycles. The molecule has 2 atom stereocenters. The van der Waals surface area contributed by atoms with Gasteiger partial charge in [0, 0.05) is 45.2 Å². The van der Waals surface area contributed by atoms with E-state index in [1.54, 1.807) is 6.26 Å². The third-order valence-corrected chi connectivity index (χ3v) is 4.88. The fraction of sp³-hybridized carbons (Fsp3) is 0.722. The van der Waals surface area contributed by atoms with Crippen LogP contribution in [0.4, 0.5) is 4.79 Å². The van der Waals surface area contributed by atoms with Gasteiger partial charge in [-0.05, 0) is 37.8 Å². The number of nitrogens with one attached hydrogen (secondary N) is 1. The van der Waals surface area contributed by atoms with Crippen molar-refractivity contribution in [2.45, 2.75) is 32.2 Å². The van der Waals surface area contributed by atoms with E-state index in [1.807, 2.05) is 24.0 Å². The molecule has 0 unspecified atom stereocenters. The summed E-state index contributed by atoms with van der Waals surface area (Å²) in [7, 11) is 0. The molecule has 1 aromatic rings. The lowest BCUT2D eigenvalue weighted by molar-refractivity contribution is 0.0248.